The maximum Gasteiger partial charge on any atom is 0.258 e. The molecule has 0 aromatic carbocycles. The Morgan fingerprint density at radius 1 is 1.28 bits per heavy atom. The molecular weight excluding hydrogens is 380 g/mol. The van der Waals surface area contributed by atoms with E-state index in [4.69, 9.17) is 0 Å². The first kappa shape index (κ1) is 20.4. The molecule has 2 N–H and O–H groups in total. The summed E-state index contributed by atoms with van der Waals surface area (Å²) in [5.74, 6) is -0.385. The van der Waals surface area contributed by atoms with E-state index in [0.717, 1.165) is 6.07 Å². The monoisotopic (exact) mass is 401 g/mol. The predicted molar refractivity (Wildman–Crippen MR) is 105 cm³/mol. The van der Waals surface area contributed by atoms with Gasteiger partial charge >= 0.3 is 0 Å². The molecule has 0 radical (unpaired) electrons. The minimum absolute atomic E-state index is 0.0644. The molecule has 3 aromatic heterocycles. The van der Waals surface area contributed by atoms with E-state index in [9.17, 15) is 18.7 Å². The summed E-state index contributed by atoms with van der Waals surface area (Å²) in [6.07, 6.45) is 4.66. The quantitative estimate of drug-likeness (QED) is 0.632. The van der Waals surface area contributed by atoms with Crippen molar-refractivity contribution in [2.75, 3.05) is 11.9 Å². The van der Waals surface area contributed by atoms with E-state index in [0.29, 0.717) is 5.69 Å². The first-order valence-corrected chi connectivity index (χ1v) is 9.01. The van der Waals surface area contributed by atoms with Gasteiger partial charge in [0.05, 0.1) is 29.9 Å². The number of nitrogens with zero attached hydrogens (tertiary/aromatic N) is 4. The minimum atomic E-state index is -1.16. The van der Waals surface area contributed by atoms with Gasteiger partial charge in [-0.15, -0.1) is 0 Å². The molecule has 0 spiro atoms. The minimum Gasteiger partial charge on any atom is -0.508 e. The fraction of sp³-hybridized carbons (Fsp3) is 0.300. The van der Waals surface area contributed by atoms with E-state index < -0.39 is 23.0 Å². The van der Waals surface area contributed by atoms with Gasteiger partial charge in [0.1, 0.15) is 11.6 Å². The number of aromatic nitrogens is 4. The van der Waals surface area contributed by atoms with Crippen LogP contribution in [-0.4, -0.2) is 37.3 Å². The number of hydrogen-bond donors (Lipinski definition) is 2. The summed E-state index contributed by atoms with van der Waals surface area (Å²) < 4.78 is 29.3. The fourth-order valence-corrected chi connectivity index (χ4v) is 3.20. The lowest BCUT2D eigenvalue weighted by Gasteiger charge is -2.30. The smallest absolute Gasteiger partial charge is 0.258 e. The summed E-state index contributed by atoms with van der Waals surface area (Å²) in [5, 5.41) is 12.3. The molecule has 0 saturated heterocycles. The topological polar surface area (TPSA) is 92.9 Å². The highest BCUT2D eigenvalue weighted by atomic mass is 19.1. The number of hydrogen-bond acceptors (Lipinski definition) is 6. The van der Waals surface area contributed by atoms with Crippen molar-refractivity contribution in [2.45, 2.75) is 31.9 Å². The van der Waals surface area contributed by atoms with Gasteiger partial charge in [-0.1, -0.05) is 6.92 Å². The first-order valence-electron chi connectivity index (χ1n) is 9.01. The molecule has 0 aliphatic rings. The normalized spacial score (nSPS) is 14.2. The van der Waals surface area contributed by atoms with Gasteiger partial charge in [0, 0.05) is 30.4 Å². The first-order chi connectivity index (χ1) is 13.8. The Hall–Kier alpha value is -3.36. The second-order valence-corrected chi connectivity index (χ2v) is 7.09. The number of nitrogens with one attached hydrogen (secondary N) is 1. The number of halogens is 2. The molecular formula is C20H21F2N5O2. The molecule has 0 aliphatic carbocycles. The van der Waals surface area contributed by atoms with Crippen LogP contribution in [0.2, 0.25) is 0 Å². The molecule has 3 rings (SSSR count). The largest absolute Gasteiger partial charge is 0.508 e. The molecule has 0 aliphatic heterocycles. The summed E-state index contributed by atoms with van der Waals surface area (Å²) >= 11 is 0. The third-order valence-corrected chi connectivity index (χ3v) is 4.52. The third kappa shape index (κ3) is 4.74. The van der Waals surface area contributed by atoms with Gasteiger partial charge in [0.25, 0.3) is 5.56 Å². The number of aromatic hydroxyl groups is 1. The predicted octanol–water partition coefficient (Wildman–Crippen LogP) is 2.99. The Bertz CT molecular complexity index is 1040. The van der Waals surface area contributed by atoms with Crippen molar-refractivity contribution in [1.82, 2.24) is 19.5 Å². The van der Waals surface area contributed by atoms with Crippen LogP contribution in [0.15, 0.2) is 53.8 Å². The molecule has 0 bridgehead atoms. The van der Waals surface area contributed by atoms with Crippen molar-refractivity contribution in [2.24, 2.45) is 0 Å². The number of rotatable bonds is 7. The van der Waals surface area contributed by atoms with Crippen LogP contribution in [0.5, 0.6) is 5.75 Å². The summed E-state index contributed by atoms with van der Waals surface area (Å²) in [5.41, 5.74) is -0.764. The van der Waals surface area contributed by atoms with Gasteiger partial charge in [0.15, 0.2) is 0 Å². The highest BCUT2D eigenvalue weighted by molar-refractivity contribution is 5.35. The Morgan fingerprint density at radius 3 is 2.62 bits per heavy atom. The Labute approximate surface area is 166 Å². The standard InChI is InChI=1S/C20H21F2N5O2/c1-13(21)9-20(2,18-16(22)4-3-6-23-18)12-26-19-24-10-14(11-25-19)27-7-5-15(28)8-17(27)29/h3-8,10-11,13,28H,9,12H2,1-2H3,(H,24,25,26)/t13-,20-/m1/s1. The van der Waals surface area contributed by atoms with Crippen molar-refractivity contribution in [3.05, 3.63) is 70.9 Å². The summed E-state index contributed by atoms with van der Waals surface area (Å²) in [4.78, 5) is 24.4. The number of anilines is 1. The van der Waals surface area contributed by atoms with E-state index in [1.807, 2.05) is 0 Å². The van der Waals surface area contributed by atoms with Crippen molar-refractivity contribution >= 4 is 5.95 Å². The Kier molecular flexibility index (Phi) is 5.86. The van der Waals surface area contributed by atoms with Crippen molar-refractivity contribution in [3.8, 4) is 11.4 Å². The summed E-state index contributed by atoms with van der Waals surface area (Å²) in [6, 6.07) is 5.23. The average Bonchev–Trinajstić information content (AvgIpc) is 2.67. The van der Waals surface area contributed by atoms with Crippen LogP contribution in [0.4, 0.5) is 14.7 Å². The molecule has 3 aromatic rings. The van der Waals surface area contributed by atoms with Crippen LogP contribution in [0, 0.1) is 5.82 Å². The molecule has 29 heavy (non-hydrogen) atoms. The summed E-state index contributed by atoms with van der Waals surface area (Å²) in [6.45, 7) is 3.30. The molecule has 152 valence electrons. The second kappa shape index (κ2) is 8.34. The Balaban J connectivity index is 1.79. The van der Waals surface area contributed by atoms with Gasteiger partial charge < -0.3 is 10.4 Å². The molecule has 2 atom stereocenters. The van der Waals surface area contributed by atoms with E-state index >= 15 is 0 Å². The van der Waals surface area contributed by atoms with Gasteiger partial charge in [-0.2, -0.15) is 0 Å². The average molecular weight is 401 g/mol. The van der Waals surface area contributed by atoms with Gasteiger partial charge in [0.2, 0.25) is 5.95 Å². The number of pyridine rings is 2. The molecule has 7 nitrogen and oxygen atoms in total. The van der Waals surface area contributed by atoms with Crippen LogP contribution >= 0.6 is 0 Å². The molecule has 0 amide bonds. The van der Waals surface area contributed by atoms with Gasteiger partial charge in [-0.05, 0) is 31.5 Å². The molecule has 0 unspecified atom stereocenters. The van der Waals surface area contributed by atoms with Crippen LogP contribution in [0.25, 0.3) is 5.69 Å². The van der Waals surface area contributed by atoms with Crippen LogP contribution < -0.4 is 10.9 Å². The summed E-state index contributed by atoms with van der Waals surface area (Å²) in [7, 11) is 0. The van der Waals surface area contributed by atoms with Crippen LogP contribution in [-0.2, 0) is 5.41 Å². The maximum atomic E-state index is 14.3. The van der Waals surface area contributed by atoms with Gasteiger partial charge in [-0.3, -0.25) is 14.3 Å². The van der Waals surface area contributed by atoms with Crippen LogP contribution in [0.1, 0.15) is 26.0 Å². The highest BCUT2D eigenvalue weighted by Crippen LogP contribution is 2.30. The Morgan fingerprint density at radius 2 is 2.00 bits per heavy atom. The van der Waals surface area contributed by atoms with Crippen molar-refractivity contribution < 1.29 is 13.9 Å². The third-order valence-electron chi connectivity index (χ3n) is 4.52. The molecule has 9 heteroatoms. The second-order valence-electron chi connectivity index (χ2n) is 7.09. The zero-order chi connectivity index (χ0) is 21.0. The zero-order valence-corrected chi connectivity index (χ0v) is 16.0. The van der Waals surface area contributed by atoms with Crippen molar-refractivity contribution in [3.63, 3.8) is 0 Å². The SMILES string of the molecule is C[C@@H](F)C[C@](C)(CNc1ncc(-n2ccc(O)cc2=O)cn1)c1ncccc1F. The number of alkyl halides is 1. The van der Waals surface area contributed by atoms with Crippen molar-refractivity contribution in [1.29, 1.82) is 0 Å². The lowest BCUT2D eigenvalue weighted by molar-refractivity contribution is 0.267. The van der Waals surface area contributed by atoms with E-state index in [2.05, 4.69) is 20.3 Å². The zero-order valence-electron chi connectivity index (χ0n) is 16.0. The highest BCUT2D eigenvalue weighted by Gasteiger charge is 2.33. The van der Waals surface area contributed by atoms with E-state index in [-0.39, 0.29) is 30.4 Å². The lowest BCUT2D eigenvalue weighted by Crippen LogP contribution is -2.36. The lowest BCUT2D eigenvalue weighted by atomic mass is 9.81. The van der Waals surface area contributed by atoms with Crippen LogP contribution in [0.3, 0.4) is 0 Å². The van der Waals surface area contributed by atoms with E-state index in [1.165, 1.54) is 54.5 Å². The molecule has 0 saturated carbocycles. The molecule has 3 heterocycles. The maximum absolute atomic E-state index is 14.3. The fourth-order valence-electron chi connectivity index (χ4n) is 3.20. The van der Waals surface area contributed by atoms with E-state index in [1.54, 1.807) is 6.92 Å². The molecule has 0 fully saturated rings. The van der Waals surface area contributed by atoms with Gasteiger partial charge in [-0.25, -0.2) is 18.7 Å².